The van der Waals surface area contributed by atoms with E-state index in [9.17, 15) is 19.3 Å². The summed E-state index contributed by atoms with van der Waals surface area (Å²) in [4.78, 5) is 28.7. The lowest BCUT2D eigenvalue weighted by molar-refractivity contribution is -0.384. The monoisotopic (exact) mass is 373 g/mol. The Balaban J connectivity index is 1.39. The number of anilines is 1. The fourth-order valence-corrected chi connectivity index (χ4v) is 3.66. The van der Waals surface area contributed by atoms with E-state index in [2.05, 4.69) is 4.98 Å². The number of hydrogen-bond donors (Lipinski definition) is 0. The summed E-state index contributed by atoms with van der Waals surface area (Å²) >= 11 is 1.38. The quantitative estimate of drug-likeness (QED) is 0.396. The first kappa shape index (κ1) is 16.4. The lowest BCUT2D eigenvalue weighted by Gasteiger charge is -2.38. The van der Waals surface area contributed by atoms with Crippen molar-refractivity contribution in [3.63, 3.8) is 0 Å². The Morgan fingerprint density at radius 1 is 1.31 bits per heavy atom. The summed E-state index contributed by atoms with van der Waals surface area (Å²) in [5.74, 6) is -0.898. The third-order valence-corrected chi connectivity index (χ3v) is 5.10. The molecule has 1 saturated heterocycles. The van der Waals surface area contributed by atoms with Crippen molar-refractivity contribution in [1.82, 2.24) is 4.98 Å². The zero-order valence-corrected chi connectivity index (χ0v) is 14.1. The number of carbonyl (C=O) groups is 1. The van der Waals surface area contributed by atoms with Crippen LogP contribution in [0.1, 0.15) is 10.4 Å². The van der Waals surface area contributed by atoms with Crippen molar-refractivity contribution in [2.24, 2.45) is 0 Å². The number of benzene rings is 2. The Morgan fingerprint density at radius 3 is 2.88 bits per heavy atom. The molecular weight excluding hydrogens is 361 g/mol. The number of nitro groups is 1. The van der Waals surface area contributed by atoms with Crippen molar-refractivity contribution in [2.45, 2.75) is 6.10 Å². The predicted molar refractivity (Wildman–Crippen MR) is 94.1 cm³/mol. The van der Waals surface area contributed by atoms with Gasteiger partial charge in [0.25, 0.3) is 5.69 Å². The molecule has 0 N–H and O–H groups in total. The largest absolute Gasteiger partial charge is 0.455 e. The minimum absolute atomic E-state index is 0.146. The maximum Gasteiger partial charge on any atom is 0.338 e. The van der Waals surface area contributed by atoms with Gasteiger partial charge in [-0.3, -0.25) is 10.1 Å². The standard InChI is InChI=1S/C17H12FN3O4S/c18-11-4-5-14-15(7-11)26-17(19-14)20-8-13(9-20)25-16(22)10-2-1-3-12(6-10)21(23)24/h1-7,13H,8-9H2. The number of nitro benzene ring substituents is 1. The van der Waals surface area contributed by atoms with Gasteiger partial charge in [-0.1, -0.05) is 17.4 Å². The van der Waals surface area contributed by atoms with Gasteiger partial charge in [-0.25, -0.2) is 14.2 Å². The Labute approximate surface area is 150 Å². The van der Waals surface area contributed by atoms with Crippen LogP contribution in [0, 0.1) is 15.9 Å². The fraction of sp³-hybridized carbons (Fsp3) is 0.176. The van der Waals surface area contributed by atoms with Gasteiger partial charge in [-0.15, -0.1) is 0 Å². The molecule has 1 aromatic heterocycles. The third kappa shape index (κ3) is 3.08. The maximum atomic E-state index is 13.3. The number of aromatic nitrogens is 1. The Kier molecular flexibility index (Phi) is 4.00. The summed E-state index contributed by atoms with van der Waals surface area (Å²) in [6.07, 6.45) is -0.314. The number of fused-ring (bicyclic) bond motifs is 1. The van der Waals surface area contributed by atoms with Crippen LogP contribution in [-0.2, 0) is 4.74 Å². The molecule has 0 unspecified atom stereocenters. The van der Waals surface area contributed by atoms with Crippen molar-refractivity contribution < 1.29 is 18.8 Å². The second kappa shape index (κ2) is 6.34. The second-order valence-electron chi connectivity index (χ2n) is 5.85. The van der Waals surface area contributed by atoms with Crippen LogP contribution in [0.3, 0.4) is 0 Å². The number of ether oxygens (including phenoxy) is 1. The predicted octanol–water partition coefficient (Wildman–Crippen LogP) is 3.39. The molecule has 3 aromatic rings. The molecule has 132 valence electrons. The lowest BCUT2D eigenvalue weighted by atomic mass is 10.1. The van der Waals surface area contributed by atoms with Crippen LogP contribution in [0.4, 0.5) is 15.2 Å². The van der Waals surface area contributed by atoms with Crippen LogP contribution in [0.2, 0.25) is 0 Å². The van der Waals surface area contributed by atoms with Crippen LogP contribution in [0.25, 0.3) is 10.2 Å². The SMILES string of the molecule is O=C(OC1CN(c2nc3ccc(F)cc3s2)C1)c1cccc([N+](=O)[O-])c1. The highest BCUT2D eigenvalue weighted by molar-refractivity contribution is 7.22. The van der Waals surface area contributed by atoms with E-state index in [4.69, 9.17) is 4.74 Å². The van der Waals surface area contributed by atoms with Crippen LogP contribution in [0.5, 0.6) is 0 Å². The molecular formula is C17H12FN3O4S. The van der Waals surface area contributed by atoms with Gasteiger partial charge >= 0.3 is 5.97 Å². The first-order chi connectivity index (χ1) is 12.5. The minimum atomic E-state index is -0.593. The van der Waals surface area contributed by atoms with E-state index in [1.54, 1.807) is 6.07 Å². The number of halogens is 1. The average molecular weight is 373 g/mol. The van der Waals surface area contributed by atoms with E-state index in [1.165, 1.54) is 47.7 Å². The molecule has 0 amide bonds. The maximum absolute atomic E-state index is 13.3. The van der Waals surface area contributed by atoms with Crippen LogP contribution in [-0.4, -0.2) is 35.1 Å². The first-order valence-electron chi connectivity index (χ1n) is 7.76. The number of esters is 1. The van der Waals surface area contributed by atoms with Crippen LogP contribution in [0.15, 0.2) is 42.5 Å². The summed E-state index contributed by atoms with van der Waals surface area (Å²) in [5, 5.41) is 11.5. The number of thiazole rings is 1. The van der Waals surface area contributed by atoms with Gasteiger partial charge < -0.3 is 9.64 Å². The molecule has 0 radical (unpaired) electrons. The van der Waals surface area contributed by atoms with Gasteiger partial charge in [0, 0.05) is 12.1 Å². The smallest absolute Gasteiger partial charge is 0.338 e. The van der Waals surface area contributed by atoms with Gasteiger partial charge in [0.05, 0.1) is 33.8 Å². The Bertz CT molecular complexity index is 1020. The Morgan fingerprint density at radius 2 is 2.12 bits per heavy atom. The summed E-state index contributed by atoms with van der Waals surface area (Å²) in [5.41, 5.74) is 0.716. The van der Waals surface area contributed by atoms with E-state index < -0.39 is 10.9 Å². The molecule has 7 nitrogen and oxygen atoms in total. The van der Waals surface area contributed by atoms with Crippen molar-refractivity contribution in [1.29, 1.82) is 0 Å². The summed E-state index contributed by atoms with van der Waals surface area (Å²) in [6, 6.07) is 9.88. The molecule has 1 fully saturated rings. The summed E-state index contributed by atoms with van der Waals surface area (Å²) in [6.45, 7) is 0.950. The molecule has 26 heavy (non-hydrogen) atoms. The molecule has 1 aliphatic rings. The second-order valence-corrected chi connectivity index (χ2v) is 6.86. The van der Waals surface area contributed by atoms with E-state index in [0.717, 1.165) is 15.3 Å². The highest BCUT2D eigenvalue weighted by Crippen LogP contribution is 2.32. The number of hydrogen-bond acceptors (Lipinski definition) is 7. The number of carbonyl (C=O) groups excluding carboxylic acids is 1. The van der Waals surface area contributed by atoms with E-state index in [0.29, 0.717) is 13.1 Å². The first-order valence-corrected chi connectivity index (χ1v) is 8.58. The molecule has 0 saturated carbocycles. The highest BCUT2D eigenvalue weighted by Gasteiger charge is 2.32. The normalized spacial score (nSPS) is 14.3. The Hall–Kier alpha value is -3.07. The fourth-order valence-electron chi connectivity index (χ4n) is 2.66. The molecule has 0 bridgehead atoms. The van der Waals surface area contributed by atoms with Crippen LogP contribution < -0.4 is 4.90 Å². The van der Waals surface area contributed by atoms with E-state index in [-0.39, 0.29) is 23.2 Å². The number of rotatable bonds is 4. The third-order valence-electron chi connectivity index (χ3n) is 4.02. The zero-order chi connectivity index (χ0) is 18.3. The molecule has 0 spiro atoms. The topological polar surface area (TPSA) is 85.6 Å². The van der Waals surface area contributed by atoms with Gasteiger partial charge in [0.1, 0.15) is 11.9 Å². The zero-order valence-electron chi connectivity index (χ0n) is 13.3. The van der Waals surface area contributed by atoms with Crippen molar-refractivity contribution >= 4 is 38.3 Å². The van der Waals surface area contributed by atoms with Gasteiger partial charge in [0.15, 0.2) is 5.13 Å². The lowest BCUT2D eigenvalue weighted by Crippen LogP contribution is -2.53. The molecule has 9 heteroatoms. The van der Waals surface area contributed by atoms with Gasteiger partial charge in [0.2, 0.25) is 0 Å². The van der Waals surface area contributed by atoms with Crippen molar-refractivity contribution in [2.75, 3.05) is 18.0 Å². The number of nitrogens with zero attached hydrogens (tertiary/aromatic N) is 3. The van der Waals surface area contributed by atoms with Crippen molar-refractivity contribution in [3.8, 4) is 0 Å². The highest BCUT2D eigenvalue weighted by atomic mass is 32.1. The minimum Gasteiger partial charge on any atom is -0.455 e. The summed E-state index contributed by atoms with van der Waals surface area (Å²) in [7, 11) is 0. The molecule has 1 aliphatic heterocycles. The molecule has 2 aromatic carbocycles. The van der Waals surface area contributed by atoms with Crippen LogP contribution >= 0.6 is 11.3 Å². The average Bonchev–Trinajstić information content (AvgIpc) is 2.99. The van der Waals surface area contributed by atoms with Crippen molar-refractivity contribution in [3.05, 3.63) is 64.0 Å². The molecule has 4 rings (SSSR count). The van der Waals surface area contributed by atoms with E-state index in [1.807, 2.05) is 4.90 Å². The summed E-state index contributed by atoms with van der Waals surface area (Å²) < 4.78 is 19.4. The molecule has 0 atom stereocenters. The number of non-ortho nitro benzene ring substituents is 1. The van der Waals surface area contributed by atoms with E-state index >= 15 is 0 Å². The van der Waals surface area contributed by atoms with Gasteiger partial charge in [-0.05, 0) is 24.3 Å². The molecule has 2 heterocycles. The van der Waals surface area contributed by atoms with Gasteiger partial charge in [-0.2, -0.15) is 0 Å². The molecule has 0 aliphatic carbocycles.